The Labute approximate surface area is 127 Å². The van der Waals surface area contributed by atoms with E-state index < -0.39 is 0 Å². The molecule has 1 aliphatic heterocycles. The molecule has 1 aromatic rings. The summed E-state index contributed by atoms with van der Waals surface area (Å²) in [6.07, 6.45) is 0.585. The van der Waals surface area contributed by atoms with Gasteiger partial charge in [-0.1, -0.05) is 24.6 Å². The Kier molecular flexibility index (Phi) is 5.84. The first-order chi connectivity index (χ1) is 9.11. The summed E-state index contributed by atoms with van der Waals surface area (Å²) in [7, 11) is 0. The minimum atomic E-state index is -0.256. The van der Waals surface area contributed by atoms with Crippen LogP contribution in [0.4, 0.5) is 4.39 Å². The summed E-state index contributed by atoms with van der Waals surface area (Å²) < 4.78 is 13.8. The molecule has 0 amide bonds. The van der Waals surface area contributed by atoms with Crippen molar-refractivity contribution in [3.63, 3.8) is 0 Å². The van der Waals surface area contributed by atoms with Gasteiger partial charge in [-0.3, -0.25) is 11.3 Å². The quantitative estimate of drug-likeness (QED) is 0.660. The summed E-state index contributed by atoms with van der Waals surface area (Å²) in [5, 5.41) is 1.35. The molecule has 106 valence electrons. The molecule has 0 radical (unpaired) electrons. The van der Waals surface area contributed by atoms with E-state index in [2.05, 4.69) is 12.3 Å². The number of halogens is 2. The molecule has 0 spiro atoms. The third-order valence-corrected chi connectivity index (χ3v) is 6.79. The monoisotopic (exact) mass is 320 g/mol. The zero-order chi connectivity index (χ0) is 13.8. The molecule has 3 atom stereocenters. The van der Waals surface area contributed by atoms with Gasteiger partial charge in [0.2, 0.25) is 0 Å². The van der Waals surface area contributed by atoms with Gasteiger partial charge >= 0.3 is 0 Å². The molecule has 3 unspecified atom stereocenters. The van der Waals surface area contributed by atoms with Gasteiger partial charge in [0.1, 0.15) is 5.82 Å². The molecule has 1 heterocycles. The van der Waals surface area contributed by atoms with Crippen LogP contribution < -0.4 is 11.3 Å². The van der Waals surface area contributed by atoms with Crippen LogP contribution in [0.2, 0.25) is 5.02 Å². The predicted octanol–water partition coefficient (Wildman–Crippen LogP) is 3.09. The van der Waals surface area contributed by atoms with Crippen LogP contribution in [0, 0.1) is 5.82 Å². The minimum absolute atomic E-state index is 0.0727. The van der Waals surface area contributed by atoms with Crippen LogP contribution in [0.5, 0.6) is 0 Å². The van der Waals surface area contributed by atoms with Gasteiger partial charge in [-0.15, -0.1) is 0 Å². The summed E-state index contributed by atoms with van der Waals surface area (Å²) >= 11 is 9.65. The van der Waals surface area contributed by atoms with Crippen LogP contribution in [0.25, 0.3) is 0 Å². The lowest BCUT2D eigenvalue weighted by Crippen LogP contribution is -2.48. The van der Waals surface area contributed by atoms with Crippen molar-refractivity contribution in [2.45, 2.75) is 29.9 Å². The van der Waals surface area contributed by atoms with Crippen LogP contribution in [-0.2, 0) is 6.42 Å². The molecule has 2 rings (SSSR count). The number of nitrogens with one attached hydrogen (secondary N) is 1. The maximum atomic E-state index is 13.8. The van der Waals surface area contributed by atoms with Gasteiger partial charge in [0.25, 0.3) is 0 Å². The second-order valence-electron chi connectivity index (χ2n) is 4.62. The highest BCUT2D eigenvalue weighted by Gasteiger charge is 2.30. The molecule has 1 aliphatic rings. The average Bonchev–Trinajstić information content (AvgIpc) is 2.39. The van der Waals surface area contributed by atoms with Crippen LogP contribution in [-0.4, -0.2) is 28.0 Å². The molecule has 1 fully saturated rings. The number of hydrogen-bond donors (Lipinski definition) is 2. The first-order valence-corrected chi connectivity index (χ1v) is 8.72. The van der Waals surface area contributed by atoms with Crippen molar-refractivity contribution in [2.24, 2.45) is 5.84 Å². The van der Waals surface area contributed by atoms with E-state index in [1.165, 1.54) is 11.8 Å². The van der Waals surface area contributed by atoms with Gasteiger partial charge in [0, 0.05) is 33.1 Å². The lowest BCUT2D eigenvalue weighted by Gasteiger charge is -2.34. The topological polar surface area (TPSA) is 38.0 Å². The Morgan fingerprint density at radius 1 is 1.47 bits per heavy atom. The van der Waals surface area contributed by atoms with Crippen LogP contribution >= 0.6 is 35.1 Å². The Hall–Kier alpha value is 0.0600. The highest BCUT2D eigenvalue weighted by atomic mass is 35.5. The molecule has 0 bridgehead atoms. The van der Waals surface area contributed by atoms with Crippen LogP contribution in [0.1, 0.15) is 12.5 Å². The van der Waals surface area contributed by atoms with E-state index in [1.54, 1.807) is 12.1 Å². The van der Waals surface area contributed by atoms with E-state index in [0.717, 1.165) is 5.75 Å². The van der Waals surface area contributed by atoms with Crippen molar-refractivity contribution in [1.29, 1.82) is 0 Å². The van der Waals surface area contributed by atoms with Gasteiger partial charge in [0.15, 0.2) is 0 Å². The van der Waals surface area contributed by atoms with Crippen molar-refractivity contribution in [3.05, 3.63) is 34.6 Å². The van der Waals surface area contributed by atoms with Crippen LogP contribution in [0.15, 0.2) is 18.2 Å². The van der Waals surface area contributed by atoms with E-state index in [0.29, 0.717) is 27.5 Å². The van der Waals surface area contributed by atoms with E-state index in [9.17, 15) is 4.39 Å². The highest BCUT2D eigenvalue weighted by molar-refractivity contribution is 8.07. The lowest BCUT2D eigenvalue weighted by atomic mass is 10.0. The standard InChI is InChI=1S/C13H18ClFN2S2/c1-8-13(19-5-4-18-8)12(17-16)6-9-2-3-10(14)7-11(9)15/h2-3,7-8,12-13,17H,4-6,16H2,1H3. The van der Waals surface area contributed by atoms with Gasteiger partial charge in [-0.2, -0.15) is 23.5 Å². The number of hydrazine groups is 1. The van der Waals surface area contributed by atoms with Crippen molar-refractivity contribution < 1.29 is 4.39 Å². The van der Waals surface area contributed by atoms with E-state index in [-0.39, 0.29) is 11.9 Å². The molecule has 6 heteroatoms. The lowest BCUT2D eigenvalue weighted by molar-refractivity contribution is 0.489. The normalized spacial score (nSPS) is 25.3. The molecule has 1 aromatic carbocycles. The van der Waals surface area contributed by atoms with Crippen molar-refractivity contribution >= 4 is 35.1 Å². The number of benzene rings is 1. The number of nitrogens with two attached hydrogens (primary N) is 1. The van der Waals surface area contributed by atoms with Crippen molar-refractivity contribution in [1.82, 2.24) is 5.43 Å². The summed E-state index contributed by atoms with van der Waals surface area (Å²) in [6, 6.07) is 4.90. The molecule has 2 nitrogen and oxygen atoms in total. The van der Waals surface area contributed by atoms with Crippen molar-refractivity contribution in [3.8, 4) is 0 Å². The van der Waals surface area contributed by atoms with E-state index in [4.69, 9.17) is 17.4 Å². The summed E-state index contributed by atoms with van der Waals surface area (Å²) in [5.41, 5.74) is 3.52. The Morgan fingerprint density at radius 3 is 2.84 bits per heavy atom. The zero-order valence-corrected chi connectivity index (χ0v) is 13.1. The van der Waals surface area contributed by atoms with Gasteiger partial charge in [-0.25, -0.2) is 4.39 Å². The fourth-order valence-electron chi connectivity index (χ4n) is 2.29. The summed E-state index contributed by atoms with van der Waals surface area (Å²) in [5.74, 6) is 7.72. The van der Waals surface area contributed by atoms with Gasteiger partial charge < -0.3 is 0 Å². The SMILES string of the molecule is CC1SCCSC1C(Cc1ccc(Cl)cc1F)NN. The molecular weight excluding hydrogens is 303 g/mol. The second-order valence-corrected chi connectivity index (χ2v) is 7.83. The molecule has 0 aromatic heterocycles. The third kappa shape index (κ3) is 4.02. The first kappa shape index (κ1) is 15.4. The van der Waals surface area contributed by atoms with Gasteiger partial charge in [-0.05, 0) is 24.1 Å². The fourth-order valence-corrected chi connectivity index (χ4v) is 5.39. The third-order valence-electron chi connectivity index (χ3n) is 3.30. The number of rotatable bonds is 4. The molecule has 0 aliphatic carbocycles. The van der Waals surface area contributed by atoms with Gasteiger partial charge in [0.05, 0.1) is 0 Å². The largest absolute Gasteiger partial charge is 0.271 e. The molecule has 3 N–H and O–H groups in total. The fraction of sp³-hybridized carbons (Fsp3) is 0.538. The Bertz CT molecular complexity index is 433. The van der Waals surface area contributed by atoms with E-state index >= 15 is 0 Å². The number of hydrogen-bond acceptors (Lipinski definition) is 4. The van der Waals surface area contributed by atoms with E-state index in [1.807, 2.05) is 23.5 Å². The Morgan fingerprint density at radius 2 is 2.21 bits per heavy atom. The summed E-state index contributed by atoms with van der Waals surface area (Å²) in [4.78, 5) is 0. The predicted molar refractivity (Wildman–Crippen MR) is 84.4 cm³/mol. The second kappa shape index (κ2) is 7.18. The maximum Gasteiger partial charge on any atom is 0.127 e. The maximum absolute atomic E-state index is 13.8. The molecule has 1 saturated heterocycles. The molecular formula is C13H18ClFN2S2. The minimum Gasteiger partial charge on any atom is -0.271 e. The molecule has 19 heavy (non-hydrogen) atoms. The van der Waals surface area contributed by atoms with Crippen LogP contribution in [0.3, 0.4) is 0 Å². The average molecular weight is 321 g/mol. The summed E-state index contributed by atoms with van der Waals surface area (Å²) in [6.45, 7) is 2.21. The smallest absolute Gasteiger partial charge is 0.127 e. The highest BCUT2D eigenvalue weighted by Crippen LogP contribution is 2.34. The number of thioether (sulfide) groups is 2. The first-order valence-electron chi connectivity index (χ1n) is 6.25. The van der Waals surface area contributed by atoms with Crippen molar-refractivity contribution in [2.75, 3.05) is 11.5 Å². The zero-order valence-electron chi connectivity index (χ0n) is 10.7. The molecule has 0 saturated carbocycles. The Balaban J connectivity index is 2.09.